The standard InChI is InChI=1S/C26H33N3O9.CH4O3S/c1-25(37)12-6-4-7-15(31)16(12)20(32)17-13(25)10-14-19(29(2)3)21(33)18(23(35)26(14,38)22(17)34)24(36)28-11-27-8-5-9-30;1-5(2,3)4/h4,6-7,13-14,19,27,30-32,35,37-38H,5,8-11H2,1-3H3,(H,28,36);1H3,(H,2,3,4)/t13-,14-,19-,25+,26-;/m0./s1. The number of carbonyl (C=O) groups excluding carboxylic acids is 3. The van der Waals surface area contributed by atoms with E-state index in [1.54, 1.807) is 0 Å². The second-order valence-electron chi connectivity index (χ2n) is 11.1. The molecule has 0 aromatic heterocycles. The van der Waals surface area contributed by atoms with Gasteiger partial charge >= 0.3 is 0 Å². The van der Waals surface area contributed by atoms with Gasteiger partial charge in [0.25, 0.3) is 16.0 Å². The molecule has 0 aliphatic heterocycles. The maximum Gasteiger partial charge on any atom is 0.261 e. The van der Waals surface area contributed by atoms with Crippen molar-refractivity contribution in [2.75, 3.05) is 40.2 Å². The molecule has 1 amide bonds. The van der Waals surface area contributed by atoms with E-state index in [-0.39, 0.29) is 30.8 Å². The van der Waals surface area contributed by atoms with Crippen LogP contribution in [-0.2, 0) is 30.1 Å². The highest BCUT2D eigenvalue weighted by Gasteiger charge is 2.66. The molecule has 238 valence electrons. The number of Topliss-reactive ketones (excluding diaryl/α,β-unsaturated/α-hetero) is 2. The van der Waals surface area contributed by atoms with E-state index in [1.807, 2.05) is 0 Å². The normalized spacial score (nSPS) is 28.5. The molecule has 1 aromatic rings. The summed E-state index contributed by atoms with van der Waals surface area (Å²) in [5.41, 5.74) is -5.76. The number of ketones is 2. The molecule has 1 fully saturated rings. The van der Waals surface area contributed by atoms with E-state index in [2.05, 4.69) is 10.6 Å². The summed E-state index contributed by atoms with van der Waals surface area (Å²) >= 11 is 0. The summed E-state index contributed by atoms with van der Waals surface area (Å²) in [6, 6.07) is 3.02. The van der Waals surface area contributed by atoms with E-state index < -0.39 is 85.1 Å². The number of nitrogens with zero attached hydrogens (tertiary/aromatic N) is 1. The molecule has 5 atom stereocenters. The van der Waals surface area contributed by atoms with Crippen LogP contribution in [-0.4, -0.2) is 118 Å². The van der Waals surface area contributed by atoms with E-state index in [0.717, 1.165) is 0 Å². The molecule has 0 saturated heterocycles. The summed E-state index contributed by atoms with van der Waals surface area (Å²) in [5, 5.41) is 70.2. The van der Waals surface area contributed by atoms with E-state index in [9.17, 15) is 48.3 Å². The van der Waals surface area contributed by atoms with Crippen molar-refractivity contribution in [3.05, 3.63) is 46.2 Å². The maximum absolute atomic E-state index is 14.0. The van der Waals surface area contributed by atoms with Crippen molar-refractivity contribution in [1.82, 2.24) is 15.5 Å². The number of aliphatic hydroxyl groups excluding tert-OH is 3. The van der Waals surface area contributed by atoms with Crippen LogP contribution in [0.4, 0.5) is 0 Å². The number of phenols is 1. The van der Waals surface area contributed by atoms with Gasteiger partial charge < -0.3 is 36.0 Å². The van der Waals surface area contributed by atoms with Gasteiger partial charge in [-0.1, -0.05) is 12.1 Å². The zero-order valence-corrected chi connectivity index (χ0v) is 24.8. The number of amides is 1. The highest BCUT2D eigenvalue weighted by molar-refractivity contribution is 7.85. The summed E-state index contributed by atoms with van der Waals surface area (Å²) in [6.07, 6.45) is 0.927. The van der Waals surface area contributed by atoms with Crippen molar-refractivity contribution in [3.8, 4) is 5.75 Å². The zero-order valence-electron chi connectivity index (χ0n) is 24.0. The molecule has 0 unspecified atom stereocenters. The van der Waals surface area contributed by atoms with Crippen molar-refractivity contribution in [1.29, 1.82) is 0 Å². The number of benzene rings is 1. The third-order valence-corrected chi connectivity index (χ3v) is 7.89. The minimum Gasteiger partial charge on any atom is -0.508 e. The molecule has 0 spiro atoms. The van der Waals surface area contributed by atoms with E-state index in [0.29, 0.717) is 19.2 Å². The molecule has 43 heavy (non-hydrogen) atoms. The van der Waals surface area contributed by atoms with Crippen LogP contribution in [0.3, 0.4) is 0 Å². The average molecular weight is 628 g/mol. The minimum absolute atomic E-state index is 0.0642. The fourth-order valence-electron chi connectivity index (χ4n) is 6.01. The molecule has 4 rings (SSSR count). The number of hydrogen-bond donors (Lipinski definition) is 9. The number of phenolic OH excluding ortho intramolecular Hbond substituents is 1. The first-order chi connectivity index (χ1) is 19.8. The quantitative estimate of drug-likeness (QED) is 0.0737. The maximum atomic E-state index is 14.0. The highest BCUT2D eigenvalue weighted by Crippen LogP contribution is 2.57. The molecule has 16 heteroatoms. The van der Waals surface area contributed by atoms with Gasteiger partial charge in [-0.2, -0.15) is 8.42 Å². The lowest BCUT2D eigenvalue weighted by molar-refractivity contribution is -0.159. The van der Waals surface area contributed by atoms with E-state index >= 15 is 0 Å². The molecule has 9 N–H and O–H groups in total. The third-order valence-electron chi connectivity index (χ3n) is 7.89. The van der Waals surface area contributed by atoms with Gasteiger partial charge in [0.2, 0.25) is 5.78 Å². The number of aromatic hydroxyl groups is 1. The summed E-state index contributed by atoms with van der Waals surface area (Å²) < 4.78 is 25.9. The van der Waals surface area contributed by atoms with Crippen LogP contribution in [0.5, 0.6) is 5.75 Å². The van der Waals surface area contributed by atoms with Crippen molar-refractivity contribution >= 4 is 33.4 Å². The van der Waals surface area contributed by atoms with Gasteiger partial charge in [-0.3, -0.25) is 29.2 Å². The Morgan fingerprint density at radius 2 is 1.74 bits per heavy atom. The molecule has 1 aromatic carbocycles. The van der Waals surface area contributed by atoms with Crippen LogP contribution >= 0.6 is 0 Å². The lowest BCUT2D eigenvalue weighted by Gasteiger charge is -2.53. The van der Waals surface area contributed by atoms with Crippen molar-refractivity contribution in [3.63, 3.8) is 0 Å². The smallest absolute Gasteiger partial charge is 0.261 e. The monoisotopic (exact) mass is 627 g/mol. The van der Waals surface area contributed by atoms with Crippen LogP contribution in [0.15, 0.2) is 35.1 Å². The summed E-state index contributed by atoms with van der Waals surface area (Å²) in [6.45, 7) is 1.60. The third kappa shape index (κ3) is 6.17. The number of rotatable bonds is 7. The van der Waals surface area contributed by atoms with E-state index in [4.69, 9.17) is 9.66 Å². The van der Waals surface area contributed by atoms with Gasteiger partial charge in [-0.05, 0) is 52.0 Å². The Balaban J connectivity index is 0.000000934. The molecular weight excluding hydrogens is 590 g/mol. The number of carbonyl (C=O) groups is 3. The summed E-state index contributed by atoms with van der Waals surface area (Å²) in [5.74, 6) is -7.56. The molecule has 0 bridgehead atoms. The second-order valence-corrected chi connectivity index (χ2v) is 12.6. The highest BCUT2D eigenvalue weighted by atomic mass is 32.2. The number of hydrogen-bond acceptors (Lipinski definition) is 13. The molecule has 15 nitrogen and oxygen atoms in total. The van der Waals surface area contributed by atoms with Gasteiger partial charge in [0, 0.05) is 24.0 Å². The number of fused-ring (bicyclic) bond motifs is 3. The fourth-order valence-corrected chi connectivity index (χ4v) is 6.01. The van der Waals surface area contributed by atoms with Gasteiger partial charge in [-0.15, -0.1) is 0 Å². The molecule has 0 radical (unpaired) electrons. The fraction of sp³-hybridized carbons (Fsp3) is 0.519. The minimum atomic E-state index is -3.67. The van der Waals surface area contributed by atoms with Crippen LogP contribution < -0.4 is 10.6 Å². The Bertz CT molecular complexity index is 1480. The van der Waals surface area contributed by atoms with Crippen LogP contribution in [0.25, 0.3) is 5.76 Å². The Hall–Kier alpha value is -3.38. The van der Waals surface area contributed by atoms with Gasteiger partial charge in [0.1, 0.15) is 22.8 Å². The lowest BCUT2D eigenvalue weighted by Crippen LogP contribution is -2.67. The molecule has 3 aliphatic rings. The van der Waals surface area contributed by atoms with Gasteiger partial charge in [0.05, 0.1) is 30.1 Å². The largest absolute Gasteiger partial charge is 0.508 e. The number of nitrogens with one attached hydrogen (secondary N) is 2. The second kappa shape index (κ2) is 12.3. The Kier molecular flexibility index (Phi) is 9.77. The summed E-state index contributed by atoms with van der Waals surface area (Å²) in [4.78, 5) is 41.9. The Labute approximate surface area is 247 Å². The Morgan fingerprint density at radius 1 is 1.14 bits per heavy atom. The van der Waals surface area contributed by atoms with Crippen molar-refractivity contribution in [2.24, 2.45) is 11.8 Å². The van der Waals surface area contributed by atoms with Crippen molar-refractivity contribution < 1.29 is 58.0 Å². The van der Waals surface area contributed by atoms with Gasteiger partial charge in [-0.25, -0.2) is 0 Å². The summed E-state index contributed by atoms with van der Waals surface area (Å²) in [7, 11) is -0.617. The predicted octanol–water partition coefficient (Wildman–Crippen LogP) is -1.31. The molecule has 1 saturated carbocycles. The number of likely N-dealkylation sites (N-methyl/N-ethyl adjacent to an activating group) is 1. The van der Waals surface area contributed by atoms with E-state index in [1.165, 1.54) is 44.1 Å². The Morgan fingerprint density at radius 3 is 2.30 bits per heavy atom. The number of aliphatic hydroxyl groups is 5. The van der Waals surface area contributed by atoms with Crippen molar-refractivity contribution in [2.45, 2.75) is 37.0 Å². The first-order valence-corrected chi connectivity index (χ1v) is 15.1. The SMILES string of the molecule is CN(C)[C@@H]1C(=O)C(C(=O)NCNCCCO)=C(O)[C@@]2(O)C(=O)C3=C(O)c4c(O)cccc4[C@@](C)(O)[C@H]3C[C@@H]12.CS(=O)(=O)O. The van der Waals surface area contributed by atoms with Gasteiger partial charge in [0.15, 0.2) is 11.4 Å². The molecule has 3 aliphatic carbocycles. The van der Waals surface area contributed by atoms with Crippen LogP contribution in [0, 0.1) is 11.8 Å². The first-order valence-electron chi connectivity index (χ1n) is 13.2. The average Bonchev–Trinajstić information content (AvgIpc) is 2.88. The topological polar surface area (TPSA) is 254 Å². The molecular formula is C27H37N3O12S. The zero-order chi connectivity index (χ0) is 32.7. The first kappa shape index (κ1) is 34.1. The van der Waals surface area contributed by atoms with Crippen LogP contribution in [0.2, 0.25) is 0 Å². The molecule has 0 heterocycles. The van der Waals surface area contributed by atoms with Crippen LogP contribution in [0.1, 0.15) is 30.9 Å². The predicted molar refractivity (Wildman–Crippen MR) is 151 cm³/mol. The lowest BCUT2D eigenvalue weighted by atomic mass is 9.54.